The van der Waals surface area contributed by atoms with Crippen LogP contribution in [0, 0.1) is 0 Å². The molecule has 110 valence electrons. The molecule has 1 aliphatic heterocycles. The molecular formula is C16H21ClO3. The van der Waals surface area contributed by atoms with Crippen molar-refractivity contribution in [2.75, 3.05) is 13.2 Å². The van der Waals surface area contributed by atoms with Gasteiger partial charge in [-0.25, -0.2) is 0 Å². The Bertz CT molecular complexity index is 497. The number of carbonyl (C=O) groups is 1. The molecule has 0 aliphatic carbocycles. The summed E-state index contributed by atoms with van der Waals surface area (Å²) in [5, 5.41) is 0.660. The van der Waals surface area contributed by atoms with Crippen LogP contribution in [0.3, 0.4) is 0 Å². The van der Waals surface area contributed by atoms with E-state index in [1.807, 2.05) is 13.0 Å². The predicted molar refractivity (Wildman–Crippen MR) is 80.2 cm³/mol. The highest BCUT2D eigenvalue weighted by Crippen LogP contribution is 2.46. The standard InChI is InChI=1S/C16H21ClO3/c1-10(2)14-15(11(3)5-6-18)12(17)9-13-16(14)20-8-4-7-19-13/h6,9-11H,4-5,7-8H2,1-3H3. The molecule has 3 nitrogen and oxygen atoms in total. The van der Waals surface area contributed by atoms with Crippen molar-refractivity contribution < 1.29 is 14.3 Å². The number of rotatable bonds is 4. The Morgan fingerprint density at radius 3 is 2.60 bits per heavy atom. The predicted octanol–water partition coefficient (Wildman–Crippen LogP) is 4.32. The van der Waals surface area contributed by atoms with Gasteiger partial charge in [-0.2, -0.15) is 0 Å². The average molecular weight is 297 g/mol. The van der Waals surface area contributed by atoms with Gasteiger partial charge >= 0.3 is 0 Å². The molecule has 1 unspecified atom stereocenters. The Hall–Kier alpha value is -1.22. The van der Waals surface area contributed by atoms with Crippen LogP contribution in [-0.2, 0) is 4.79 Å². The van der Waals surface area contributed by atoms with E-state index in [0.717, 1.165) is 35.3 Å². The molecule has 0 N–H and O–H groups in total. The maximum Gasteiger partial charge on any atom is 0.164 e. The summed E-state index contributed by atoms with van der Waals surface area (Å²) in [4.78, 5) is 10.8. The van der Waals surface area contributed by atoms with Gasteiger partial charge in [-0.05, 0) is 17.4 Å². The number of benzene rings is 1. The Morgan fingerprint density at radius 2 is 1.95 bits per heavy atom. The van der Waals surface area contributed by atoms with Gasteiger partial charge in [-0.3, -0.25) is 0 Å². The maximum atomic E-state index is 10.8. The molecule has 4 heteroatoms. The molecule has 0 amide bonds. The lowest BCUT2D eigenvalue weighted by molar-refractivity contribution is -0.108. The highest BCUT2D eigenvalue weighted by molar-refractivity contribution is 6.31. The van der Waals surface area contributed by atoms with Gasteiger partial charge in [0.2, 0.25) is 0 Å². The Morgan fingerprint density at radius 1 is 1.25 bits per heavy atom. The van der Waals surface area contributed by atoms with E-state index in [9.17, 15) is 4.79 Å². The highest BCUT2D eigenvalue weighted by Gasteiger charge is 2.25. The average Bonchev–Trinajstić information content (AvgIpc) is 2.61. The lowest BCUT2D eigenvalue weighted by Crippen LogP contribution is -2.07. The van der Waals surface area contributed by atoms with Crippen molar-refractivity contribution in [3.05, 3.63) is 22.2 Å². The minimum atomic E-state index is 0.0783. The van der Waals surface area contributed by atoms with Crippen molar-refractivity contribution in [2.45, 2.75) is 45.4 Å². The minimum Gasteiger partial charge on any atom is -0.489 e. The Kier molecular flexibility index (Phi) is 4.92. The molecule has 1 heterocycles. The molecule has 0 bridgehead atoms. The number of ether oxygens (including phenoxy) is 2. The third kappa shape index (κ3) is 2.93. The van der Waals surface area contributed by atoms with Crippen LogP contribution in [0.5, 0.6) is 11.5 Å². The van der Waals surface area contributed by atoms with Crippen LogP contribution in [0.1, 0.15) is 56.6 Å². The van der Waals surface area contributed by atoms with Crippen LogP contribution in [0.25, 0.3) is 0 Å². The summed E-state index contributed by atoms with van der Waals surface area (Å²) in [6.45, 7) is 7.53. The summed E-state index contributed by atoms with van der Waals surface area (Å²) < 4.78 is 11.6. The molecule has 20 heavy (non-hydrogen) atoms. The molecule has 1 atom stereocenters. The molecule has 2 rings (SSSR count). The van der Waals surface area contributed by atoms with E-state index >= 15 is 0 Å². The number of hydrogen-bond donors (Lipinski definition) is 0. The largest absolute Gasteiger partial charge is 0.489 e. The molecule has 0 aromatic heterocycles. The molecular weight excluding hydrogens is 276 g/mol. The zero-order valence-electron chi connectivity index (χ0n) is 12.2. The van der Waals surface area contributed by atoms with Gasteiger partial charge in [0, 0.05) is 29.5 Å². The number of aldehydes is 1. The molecule has 0 fully saturated rings. The van der Waals surface area contributed by atoms with E-state index in [1.165, 1.54) is 0 Å². The van der Waals surface area contributed by atoms with Crippen LogP contribution >= 0.6 is 11.6 Å². The third-order valence-corrected chi connectivity index (χ3v) is 3.90. The van der Waals surface area contributed by atoms with Crippen molar-refractivity contribution in [3.8, 4) is 11.5 Å². The lowest BCUT2D eigenvalue weighted by Gasteiger charge is -2.23. The second-order valence-electron chi connectivity index (χ2n) is 5.52. The van der Waals surface area contributed by atoms with E-state index in [1.54, 1.807) is 0 Å². The van der Waals surface area contributed by atoms with Gasteiger partial charge in [0.15, 0.2) is 11.5 Å². The summed E-state index contributed by atoms with van der Waals surface area (Å²) in [7, 11) is 0. The first-order valence-corrected chi connectivity index (χ1v) is 7.49. The summed E-state index contributed by atoms with van der Waals surface area (Å²) in [6.07, 6.45) is 2.26. The third-order valence-electron chi connectivity index (χ3n) is 3.59. The molecule has 0 spiro atoms. The van der Waals surface area contributed by atoms with Crippen molar-refractivity contribution in [3.63, 3.8) is 0 Å². The number of hydrogen-bond acceptors (Lipinski definition) is 3. The normalized spacial score (nSPS) is 15.8. The minimum absolute atomic E-state index is 0.0783. The summed E-state index contributed by atoms with van der Waals surface area (Å²) in [6, 6.07) is 1.82. The van der Waals surface area contributed by atoms with Crippen LogP contribution in [0.4, 0.5) is 0 Å². The fraction of sp³-hybridized carbons (Fsp3) is 0.562. The molecule has 0 radical (unpaired) electrons. The number of halogens is 1. The summed E-state index contributed by atoms with van der Waals surface area (Å²) in [5.41, 5.74) is 2.08. The first-order chi connectivity index (χ1) is 9.56. The molecule has 1 aromatic carbocycles. The van der Waals surface area contributed by atoms with Crippen molar-refractivity contribution >= 4 is 17.9 Å². The van der Waals surface area contributed by atoms with E-state index in [-0.39, 0.29) is 11.8 Å². The molecule has 1 aliphatic rings. The van der Waals surface area contributed by atoms with Gasteiger partial charge in [0.05, 0.1) is 13.2 Å². The molecule has 1 aromatic rings. The van der Waals surface area contributed by atoms with Crippen molar-refractivity contribution in [2.24, 2.45) is 0 Å². The number of fused-ring (bicyclic) bond motifs is 1. The zero-order chi connectivity index (χ0) is 14.7. The van der Waals surface area contributed by atoms with Crippen molar-refractivity contribution in [1.29, 1.82) is 0 Å². The van der Waals surface area contributed by atoms with Crippen LogP contribution in [0.2, 0.25) is 5.02 Å². The number of carbonyl (C=O) groups excluding carboxylic acids is 1. The summed E-state index contributed by atoms with van der Waals surface area (Å²) >= 11 is 6.44. The van der Waals surface area contributed by atoms with Crippen molar-refractivity contribution in [1.82, 2.24) is 0 Å². The maximum absolute atomic E-state index is 10.8. The van der Waals surface area contributed by atoms with Crippen LogP contribution in [0.15, 0.2) is 6.07 Å². The second-order valence-corrected chi connectivity index (χ2v) is 5.93. The fourth-order valence-corrected chi connectivity index (χ4v) is 3.04. The van der Waals surface area contributed by atoms with Gasteiger partial charge in [0.25, 0.3) is 0 Å². The first kappa shape index (κ1) is 15.2. The lowest BCUT2D eigenvalue weighted by atomic mass is 9.87. The Labute approximate surface area is 125 Å². The topological polar surface area (TPSA) is 35.5 Å². The van der Waals surface area contributed by atoms with E-state index < -0.39 is 0 Å². The quantitative estimate of drug-likeness (QED) is 0.776. The SMILES string of the molecule is CC(C)c1c2c(cc(Cl)c1C(C)CC=O)OCCCO2. The van der Waals surface area contributed by atoms with E-state index in [0.29, 0.717) is 24.7 Å². The Balaban J connectivity index is 2.61. The second kappa shape index (κ2) is 6.49. The monoisotopic (exact) mass is 296 g/mol. The molecule has 0 saturated carbocycles. The first-order valence-electron chi connectivity index (χ1n) is 7.11. The van der Waals surface area contributed by atoms with Crippen LogP contribution < -0.4 is 9.47 Å². The fourth-order valence-electron chi connectivity index (χ4n) is 2.65. The van der Waals surface area contributed by atoms with Gasteiger partial charge in [-0.1, -0.05) is 32.4 Å². The smallest absolute Gasteiger partial charge is 0.164 e. The zero-order valence-corrected chi connectivity index (χ0v) is 13.0. The van der Waals surface area contributed by atoms with Gasteiger partial charge in [0.1, 0.15) is 6.29 Å². The molecule has 0 saturated heterocycles. The van der Waals surface area contributed by atoms with E-state index in [4.69, 9.17) is 21.1 Å². The van der Waals surface area contributed by atoms with Gasteiger partial charge in [-0.15, -0.1) is 0 Å². The van der Waals surface area contributed by atoms with E-state index in [2.05, 4.69) is 13.8 Å². The van der Waals surface area contributed by atoms with Gasteiger partial charge < -0.3 is 14.3 Å². The van der Waals surface area contributed by atoms with Crippen LogP contribution in [-0.4, -0.2) is 19.5 Å². The summed E-state index contributed by atoms with van der Waals surface area (Å²) in [5.74, 6) is 1.86. The highest BCUT2D eigenvalue weighted by atomic mass is 35.5.